The van der Waals surface area contributed by atoms with Crippen LogP contribution in [0.3, 0.4) is 0 Å². The summed E-state index contributed by atoms with van der Waals surface area (Å²) in [6, 6.07) is 5.90. The Bertz CT molecular complexity index is 1010. The van der Waals surface area contributed by atoms with E-state index in [1.807, 2.05) is 6.92 Å². The number of rotatable bonds is 4. The normalized spacial score (nSPS) is 12.2. The third-order valence-corrected chi connectivity index (χ3v) is 8.21. The van der Waals surface area contributed by atoms with Gasteiger partial charge in [-0.3, -0.25) is 0 Å². The van der Waals surface area contributed by atoms with Crippen LogP contribution in [0.4, 0.5) is 0 Å². The average molecular weight is 607 g/mol. The Morgan fingerprint density at radius 2 is 1.28 bits per heavy atom. The molecule has 0 saturated heterocycles. The van der Waals surface area contributed by atoms with Crippen molar-refractivity contribution in [3.05, 3.63) is 48.1 Å². The molecule has 2 aromatic carbocycles. The first-order valence-corrected chi connectivity index (χ1v) is 11.8. The van der Waals surface area contributed by atoms with E-state index in [-0.39, 0.29) is 22.7 Å². The largest absolute Gasteiger partial charge is 0.744 e. The van der Waals surface area contributed by atoms with Crippen LogP contribution in [-0.2, 0) is 20.2 Å². The van der Waals surface area contributed by atoms with Gasteiger partial charge in [-0.1, -0.05) is 17.7 Å². The lowest BCUT2D eigenvalue weighted by atomic mass is 10.1. The maximum atomic E-state index is 12.7. The molecule has 0 amide bonds. The highest BCUT2D eigenvalue weighted by atomic mass is 127. The van der Waals surface area contributed by atoms with Gasteiger partial charge in [0.1, 0.15) is 20.8 Å². The van der Waals surface area contributed by atoms with E-state index < -0.39 is 20.2 Å². The highest BCUT2D eigenvalue weighted by Crippen LogP contribution is 2.31. The van der Waals surface area contributed by atoms with Crippen LogP contribution >= 0.6 is 45.2 Å². The summed E-state index contributed by atoms with van der Waals surface area (Å²) >= 11 is 3.32. The second-order valence-electron chi connectivity index (χ2n) is 5.44. The van der Waals surface area contributed by atoms with E-state index in [0.29, 0.717) is 11.1 Å². The molecule has 0 bridgehead atoms. The molecule has 0 aromatic heterocycles. The van der Waals surface area contributed by atoms with E-state index in [1.54, 1.807) is 71.2 Å². The molecule has 0 fully saturated rings. The standard InChI is InChI=1S/C15H14I2O6S2/c1-8-4-9(2)14(10(3)5-8)25(21,22)23-11-6-12(16)15(13(17)7-11)24(18,19)20/h4-7H,1-3H3,(H,18,19,20)/p-1. The molecule has 10 heteroatoms. The highest BCUT2D eigenvalue weighted by Gasteiger charge is 2.24. The number of halogens is 2. The van der Waals surface area contributed by atoms with E-state index >= 15 is 0 Å². The van der Waals surface area contributed by atoms with Crippen molar-refractivity contribution in [2.75, 3.05) is 0 Å². The Kier molecular flexibility index (Phi) is 6.08. The van der Waals surface area contributed by atoms with E-state index in [4.69, 9.17) is 4.18 Å². The van der Waals surface area contributed by atoms with Crippen LogP contribution in [0.25, 0.3) is 0 Å². The minimum absolute atomic E-state index is 0.0550. The van der Waals surface area contributed by atoms with Crippen LogP contribution in [-0.4, -0.2) is 21.4 Å². The predicted molar refractivity (Wildman–Crippen MR) is 108 cm³/mol. The number of hydrogen-bond acceptors (Lipinski definition) is 6. The van der Waals surface area contributed by atoms with Crippen LogP contribution in [0, 0.1) is 27.9 Å². The number of aryl methyl sites for hydroxylation is 3. The van der Waals surface area contributed by atoms with E-state index in [0.717, 1.165) is 5.56 Å². The lowest BCUT2D eigenvalue weighted by molar-refractivity contribution is 0.461. The topological polar surface area (TPSA) is 101 Å². The Hall–Kier alpha value is -0.440. The Morgan fingerprint density at radius 1 is 0.840 bits per heavy atom. The van der Waals surface area contributed by atoms with Gasteiger partial charge in [0.25, 0.3) is 0 Å². The average Bonchev–Trinajstić information content (AvgIpc) is 2.32. The minimum Gasteiger partial charge on any atom is -0.744 e. The van der Waals surface area contributed by atoms with Crippen molar-refractivity contribution in [3.63, 3.8) is 0 Å². The summed E-state index contributed by atoms with van der Waals surface area (Å²) in [5.41, 5.74) is 2.05. The minimum atomic E-state index is -4.66. The predicted octanol–water partition coefficient (Wildman–Crippen LogP) is 3.49. The molecular weight excluding hydrogens is 594 g/mol. The first-order chi connectivity index (χ1) is 11.3. The highest BCUT2D eigenvalue weighted by molar-refractivity contribution is 14.1. The van der Waals surface area contributed by atoms with Gasteiger partial charge in [0.2, 0.25) is 0 Å². The summed E-state index contributed by atoms with van der Waals surface area (Å²) in [4.78, 5) is -0.315. The molecule has 136 valence electrons. The van der Waals surface area contributed by atoms with Crippen molar-refractivity contribution in [1.29, 1.82) is 0 Å². The molecule has 0 atom stereocenters. The van der Waals surface area contributed by atoms with Crippen LogP contribution in [0.2, 0.25) is 0 Å². The first kappa shape index (κ1) is 20.9. The van der Waals surface area contributed by atoms with Gasteiger partial charge in [-0.05, 0) is 89.2 Å². The molecule has 0 spiro atoms. The van der Waals surface area contributed by atoms with Crippen LogP contribution in [0.5, 0.6) is 5.75 Å². The zero-order valence-corrected chi connectivity index (χ0v) is 19.3. The zero-order chi connectivity index (χ0) is 19.2. The van der Waals surface area contributed by atoms with Gasteiger partial charge < -0.3 is 8.74 Å². The first-order valence-electron chi connectivity index (χ1n) is 6.80. The van der Waals surface area contributed by atoms with E-state index in [2.05, 4.69) is 0 Å². The van der Waals surface area contributed by atoms with E-state index in [9.17, 15) is 21.4 Å². The fourth-order valence-corrected chi connectivity index (χ4v) is 7.82. The van der Waals surface area contributed by atoms with E-state index in [1.165, 1.54) is 12.1 Å². The monoisotopic (exact) mass is 607 g/mol. The summed E-state index contributed by atoms with van der Waals surface area (Å²) < 4.78 is 64.6. The lowest BCUT2D eigenvalue weighted by Gasteiger charge is -2.16. The van der Waals surface area contributed by atoms with Gasteiger partial charge in [-0.2, -0.15) is 8.42 Å². The third-order valence-electron chi connectivity index (χ3n) is 3.28. The van der Waals surface area contributed by atoms with Crippen molar-refractivity contribution in [2.45, 2.75) is 30.6 Å². The van der Waals surface area contributed by atoms with Gasteiger partial charge >= 0.3 is 10.1 Å². The molecule has 2 aromatic rings. The van der Waals surface area contributed by atoms with Gasteiger partial charge in [0.05, 0.1) is 4.90 Å². The van der Waals surface area contributed by atoms with Crippen molar-refractivity contribution in [3.8, 4) is 5.75 Å². The second kappa shape index (κ2) is 7.29. The molecular formula is C15H13I2O6S2-. The molecule has 25 heavy (non-hydrogen) atoms. The molecule has 0 saturated carbocycles. The fourth-order valence-electron chi connectivity index (χ4n) is 2.55. The Labute approximate surface area is 174 Å². The molecule has 6 nitrogen and oxygen atoms in total. The smallest absolute Gasteiger partial charge is 0.339 e. The quantitative estimate of drug-likeness (QED) is 0.300. The van der Waals surface area contributed by atoms with Crippen molar-refractivity contribution in [2.24, 2.45) is 0 Å². The molecule has 2 rings (SSSR count). The fraction of sp³-hybridized carbons (Fsp3) is 0.200. The molecule has 0 unspecified atom stereocenters. The van der Waals surface area contributed by atoms with Crippen LogP contribution in [0.15, 0.2) is 34.1 Å². The molecule has 0 aliphatic rings. The summed E-state index contributed by atoms with van der Waals surface area (Å²) in [5.74, 6) is -0.0550. The maximum Gasteiger partial charge on any atom is 0.339 e. The maximum absolute atomic E-state index is 12.7. The summed E-state index contributed by atoms with van der Waals surface area (Å²) in [6.45, 7) is 5.22. The Morgan fingerprint density at radius 3 is 1.68 bits per heavy atom. The summed E-state index contributed by atoms with van der Waals surface area (Å²) in [5, 5.41) is 0. The van der Waals surface area contributed by atoms with Gasteiger partial charge in [-0.25, -0.2) is 8.42 Å². The molecule has 0 aliphatic heterocycles. The van der Waals surface area contributed by atoms with Gasteiger partial charge in [0.15, 0.2) is 0 Å². The summed E-state index contributed by atoms with van der Waals surface area (Å²) in [7, 11) is -8.77. The van der Waals surface area contributed by atoms with Crippen molar-refractivity contribution < 1.29 is 25.6 Å². The second-order valence-corrected chi connectivity index (χ2v) is 10.6. The van der Waals surface area contributed by atoms with Crippen LogP contribution < -0.4 is 4.18 Å². The van der Waals surface area contributed by atoms with Gasteiger partial charge in [0, 0.05) is 7.14 Å². The number of hydrogen-bond donors (Lipinski definition) is 0. The van der Waals surface area contributed by atoms with Gasteiger partial charge in [-0.15, -0.1) is 0 Å². The molecule has 0 heterocycles. The van der Waals surface area contributed by atoms with Crippen molar-refractivity contribution >= 4 is 65.4 Å². The SMILES string of the molecule is Cc1cc(C)c(S(=O)(=O)Oc2cc(I)c(S(=O)(=O)[O-])c(I)c2)c(C)c1. The Balaban J connectivity index is 2.54. The molecule has 0 aliphatic carbocycles. The third kappa shape index (κ3) is 4.64. The van der Waals surface area contributed by atoms with Crippen molar-refractivity contribution in [1.82, 2.24) is 0 Å². The molecule has 0 N–H and O–H groups in total. The van der Waals surface area contributed by atoms with Crippen LogP contribution in [0.1, 0.15) is 16.7 Å². The lowest BCUT2D eigenvalue weighted by Crippen LogP contribution is -2.14. The number of benzene rings is 2. The molecule has 0 radical (unpaired) electrons. The zero-order valence-electron chi connectivity index (χ0n) is 13.3. The summed E-state index contributed by atoms with van der Waals surface area (Å²) in [6.07, 6.45) is 0.